The first-order valence-corrected chi connectivity index (χ1v) is 5.51. The van der Waals surface area contributed by atoms with Crippen molar-refractivity contribution in [2.24, 2.45) is 0 Å². The fourth-order valence-electron chi connectivity index (χ4n) is 1.96. The highest BCUT2D eigenvalue weighted by molar-refractivity contribution is 5.80. The van der Waals surface area contributed by atoms with E-state index in [1.165, 1.54) is 0 Å². The van der Waals surface area contributed by atoms with Crippen LogP contribution in [0, 0.1) is 0 Å². The number of fused-ring (bicyclic) bond motifs is 1. The van der Waals surface area contributed by atoms with E-state index in [9.17, 15) is 0 Å². The largest absolute Gasteiger partial charge is 0.392 e. The molecule has 17 heavy (non-hydrogen) atoms. The van der Waals surface area contributed by atoms with Gasteiger partial charge in [-0.2, -0.15) is 5.10 Å². The summed E-state index contributed by atoms with van der Waals surface area (Å²) in [4.78, 5) is 0. The Morgan fingerprint density at radius 3 is 2.65 bits per heavy atom. The molecular weight excluding hydrogens is 212 g/mol. The molecule has 1 heterocycles. The fraction of sp³-hybridized carbons (Fsp3) is 0.0714. The first kappa shape index (κ1) is 10.1. The van der Waals surface area contributed by atoms with Gasteiger partial charge in [-0.25, -0.2) is 4.68 Å². The summed E-state index contributed by atoms with van der Waals surface area (Å²) >= 11 is 0. The van der Waals surface area contributed by atoms with Gasteiger partial charge in [0.15, 0.2) is 0 Å². The number of hydrogen-bond donors (Lipinski definition) is 1. The zero-order valence-electron chi connectivity index (χ0n) is 9.24. The molecule has 0 unspecified atom stereocenters. The number of hydrogen-bond acceptors (Lipinski definition) is 2. The lowest BCUT2D eigenvalue weighted by atomic mass is 10.2. The monoisotopic (exact) mass is 224 g/mol. The maximum absolute atomic E-state index is 9.09. The number of aliphatic hydroxyl groups is 1. The molecule has 84 valence electrons. The Hall–Kier alpha value is -2.13. The van der Waals surface area contributed by atoms with E-state index < -0.39 is 0 Å². The van der Waals surface area contributed by atoms with Crippen molar-refractivity contribution in [1.82, 2.24) is 9.78 Å². The number of para-hydroxylation sites is 1. The average Bonchev–Trinajstić information content (AvgIpc) is 2.82. The molecule has 3 nitrogen and oxygen atoms in total. The van der Waals surface area contributed by atoms with Gasteiger partial charge < -0.3 is 5.11 Å². The third-order valence-electron chi connectivity index (χ3n) is 2.82. The number of aliphatic hydroxyl groups excluding tert-OH is 1. The van der Waals surface area contributed by atoms with Gasteiger partial charge >= 0.3 is 0 Å². The molecule has 0 aliphatic carbocycles. The summed E-state index contributed by atoms with van der Waals surface area (Å²) in [5, 5.41) is 14.5. The molecule has 0 saturated carbocycles. The van der Waals surface area contributed by atoms with Gasteiger partial charge in [-0.15, -0.1) is 0 Å². The number of benzene rings is 2. The summed E-state index contributed by atoms with van der Waals surface area (Å²) in [7, 11) is 0. The molecule has 3 rings (SSSR count). The summed E-state index contributed by atoms with van der Waals surface area (Å²) in [6.07, 6.45) is 1.82. The Morgan fingerprint density at radius 1 is 1.06 bits per heavy atom. The smallest absolute Gasteiger partial charge is 0.0741 e. The molecule has 0 bridgehead atoms. The van der Waals surface area contributed by atoms with Crippen molar-refractivity contribution in [3.63, 3.8) is 0 Å². The van der Waals surface area contributed by atoms with E-state index in [1.54, 1.807) is 0 Å². The molecular formula is C14H12N2O. The highest BCUT2D eigenvalue weighted by Gasteiger charge is 2.04. The lowest BCUT2D eigenvalue weighted by Crippen LogP contribution is -1.95. The Morgan fingerprint density at radius 2 is 1.88 bits per heavy atom. The number of rotatable bonds is 2. The minimum atomic E-state index is 0.0620. The van der Waals surface area contributed by atoms with E-state index >= 15 is 0 Å². The number of aromatic nitrogens is 2. The van der Waals surface area contributed by atoms with Crippen LogP contribution in [0.3, 0.4) is 0 Å². The lowest BCUT2D eigenvalue weighted by molar-refractivity contribution is 0.282. The maximum Gasteiger partial charge on any atom is 0.0741 e. The van der Waals surface area contributed by atoms with Crippen LogP contribution in [0.25, 0.3) is 16.6 Å². The highest BCUT2D eigenvalue weighted by atomic mass is 16.3. The first-order chi connectivity index (χ1) is 8.38. The van der Waals surface area contributed by atoms with E-state index in [4.69, 9.17) is 5.11 Å². The normalized spacial score (nSPS) is 10.9. The van der Waals surface area contributed by atoms with Crippen molar-refractivity contribution >= 4 is 10.9 Å². The first-order valence-electron chi connectivity index (χ1n) is 5.51. The summed E-state index contributed by atoms with van der Waals surface area (Å²) in [6, 6.07) is 15.9. The third-order valence-corrected chi connectivity index (χ3v) is 2.82. The SMILES string of the molecule is OCc1ccc2c(cnn2-c2ccccc2)c1. The van der Waals surface area contributed by atoms with Gasteiger partial charge in [0.25, 0.3) is 0 Å². The van der Waals surface area contributed by atoms with Crippen molar-refractivity contribution < 1.29 is 5.11 Å². The molecule has 1 N–H and O–H groups in total. The molecule has 0 fully saturated rings. The van der Waals surface area contributed by atoms with Crippen LogP contribution in [0.2, 0.25) is 0 Å². The van der Waals surface area contributed by atoms with Crippen LogP contribution in [0.1, 0.15) is 5.56 Å². The zero-order chi connectivity index (χ0) is 11.7. The van der Waals surface area contributed by atoms with Gasteiger partial charge in [-0.05, 0) is 29.8 Å². The van der Waals surface area contributed by atoms with Gasteiger partial charge in [0, 0.05) is 5.39 Å². The van der Waals surface area contributed by atoms with Crippen LogP contribution in [0.15, 0.2) is 54.7 Å². The minimum Gasteiger partial charge on any atom is -0.392 e. The van der Waals surface area contributed by atoms with Crippen LogP contribution >= 0.6 is 0 Å². The second-order valence-electron chi connectivity index (χ2n) is 3.94. The zero-order valence-corrected chi connectivity index (χ0v) is 9.24. The molecule has 0 aliphatic rings. The second-order valence-corrected chi connectivity index (χ2v) is 3.94. The van der Waals surface area contributed by atoms with Gasteiger partial charge in [0.2, 0.25) is 0 Å². The molecule has 0 saturated heterocycles. The Labute approximate surface area is 98.9 Å². The van der Waals surface area contributed by atoms with Gasteiger partial charge in [0.1, 0.15) is 0 Å². The summed E-state index contributed by atoms with van der Waals surface area (Å²) in [5.74, 6) is 0. The van der Waals surface area contributed by atoms with Crippen LogP contribution < -0.4 is 0 Å². The molecule has 2 aromatic carbocycles. The standard InChI is InChI=1S/C14H12N2O/c17-10-11-6-7-14-12(8-11)9-15-16(14)13-4-2-1-3-5-13/h1-9,17H,10H2. The third kappa shape index (κ3) is 1.70. The molecule has 0 atom stereocenters. The number of nitrogens with zero attached hydrogens (tertiary/aromatic N) is 2. The fourth-order valence-corrected chi connectivity index (χ4v) is 1.96. The predicted molar refractivity (Wildman–Crippen MR) is 67.0 cm³/mol. The highest BCUT2D eigenvalue weighted by Crippen LogP contribution is 2.19. The average molecular weight is 224 g/mol. The van der Waals surface area contributed by atoms with Gasteiger partial charge in [0.05, 0.1) is 24.0 Å². The van der Waals surface area contributed by atoms with Crippen LogP contribution in [-0.2, 0) is 6.61 Å². The molecule has 3 aromatic rings. The van der Waals surface area contributed by atoms with Crippen molar-refractivity contribution in [1.29, 1.82) is 0 Å². The quantitative estimate of drug-likeness (QED) is 0.726. The maximum atomic E-state index is 9.09. The topological polar surface area (TPSA) is 38.1 Å². The molecule has 1 aromatic heterocycles. The van der Waals surface area contributed by atoms with Gasteiger partial charge in [-0.1, -0.05) is 24.3 Å². The van der Waals surface area contributed by atoms with E-state index in [-0.39, 0.29) is 6.61 Å². The molecule has 0 radical (unpaired) electrons. The second kappa shape index (κ2) is 4.03. The van der Waals surface area contributed by atoms with E-state index in [2.05, 4.69) is 5.10 Å². The van der Waals surface area contributed by atoms with Crippen LogP contribution in [0.5, 0.6) is 0 Å². The van der Waals surface area contributed by atoms with Crippen LogP contribution in [0.4, 0.5) is 0 Å². The van der Waals surface area contributed by atoms with Crippen molar-refractivity contribution in [3.05, 3.63) is 60.3 Å². The van der Waals surface area contributed by atoms with Crippen molar-refractivity contribution in [2.45, 2.75) is 6.61 Å². The summed E-state index contributed by atoms with van der Waals surface area (Å²) in [6.45, 7) is 0.0620. The van der Waals surface area contributed by atoms with Crippen LogP contribution in [-0.4, -0.2) is 14.9 Å². The molecule has 0 aliphatic heterocycles. The van der Waals surface area contributed by atoms with E-state index in [1.807, 2.05) is 59.4 Å². The minimum absolute atomic E-state index is 0.0620. The van der Waals surface area contributed by atoms with Crippen molar-refractivity contribution in [2.75, 3.05) is 0 Å². The predicted octanol–water partition coefficient (Wildman–Crippen LogP) is 2.52. The Kier molecular flexibility index (Phi) is 2.38. The summed E-state index contributed by atoms with van der Waals surface area (Å²) < 4.78 is 1.90. The molecule has 0 spiro atoms. The van der Waals surface area contributed by atoms with E-state index in [0.717, 1.165) is 22.2 Å². The summed E-state index contributed by atoms with van der Waals surface area (Å²) in [5.41, 5.74) is 3.00. The lowest BCUT2D eigenvalue weighted by Gasteiger charge is -2.03. The van der Waals surface area contributed by atoms with Gasteiger partial charge in [-0.3, -0.25) is 0 Å². The van der Waals surface area contributed by atoms with Crippen molar-refractivity contribution in [3.8, 4) is 5.69 Å². The molecule has 0 amide bonds. The molecule has 3 heteroatoms. The van der Waals surface area contributed by atoms with E-state index in [0.29, 0.717) is 0 Å². The Bertz CT molecular complexity index is 644. The Balaban J connectivity index is 2.19.